The van der Waals surface area contributed by atoms with Gasteiger partial charge < -0.3 is 10.4 Å². The highest BCUT2D eigenvalue weighted by atomic mass is 16.3. The number of aromatic nitrogens is 1. The van der Waals surface area contributed by atoms with Crippen LogP contribution in [-0.4, -0.2) is 16.6 Å². The fourth-order valence-corrected chi connectivity index (χ4v) is 0.882. The van der Waals surface area contributed by atoms with E-state index in [1.165, 1.54) is 6.20 Å². The van der Waals surface area contributed by atoms with E-state index in [-0.39, 0.29) is 5.75 Å². The predicted molar refractivity (Wildman–Crippen MR) is 47.8 cm³/mol. The van der Waals surface area contributed by atoms with Crippen LogP contribution in [0.25, 0.3) is 0 Å². The van der Waals surface area contributed by atoms with Crippen LogP contribution in [0.2, 0.25) is 0 Å². The van der Waals surface area contributed by atoms with Gasteiger partial charge in [-0.2, -0.15) is 5.26 Å². The lowest BCUT2D eigenvalue weighted by molar-refractivity contribution is 0.471. The van der Waals surface area contributed by atoms with Gasteiger partial charge in [0.2, 0.25) is 0 Å². The van der Waals surface area contributed by atoms with Crippen molar-refractivity contribution in [2.45, 2.75) is 13.0 Å². The highest BCUT2D eigenvalue weighted by molar-refractivity contribution is 5.17. The second kappa shape index (κ2) is 5.12. The molecule has 4 nitrogen and oxygen atoms in total. The van der Waals surface area contributed by atoms with E-state index in [0.717, 1.165) is 5.69 Å². The number of aromatic hydroxyl groups is 1. The van der Waals surface area contributed by atoms with Crippen LogP contribution in [0.3, 0.4) is 0 Å². The number of nitriles is 1. The molecule has 0 bridgehead atoms. The Morgan fingerprint density at radius 3 is 3.00 bits per heavy atom. The average Bonchev–Trinajstić information content (AvgIpc) is 2.15. The van der Waals surface area contributed by atoms with E-state index in [1.807, 2.05) is 6.07 Å². The van der Waals surface area contributed by atoms with Gasteiger partial charge in [-0.25, -0.2) is 0 Å². The summed E-state index contributed by atoms with van der Waals surface area (Å²) in [6.07, 6.45) is 1.90. The first-order valence-electron chi connectivity index (χ1n) is 4.04. The molecule has 1 aromatic rings. The first-order chi connectivity index (χ1) is 6.33. The van der Waals surface area contributed by atoms with E-state index in [1.54, 1.807) is 12.1 Å². The van der Waals surface area contributed by atoms with Crippen molar-refractivity contribution in [2.75, 3.05) is 6.54 Å². The largest absolute Gasteiger partial charge is 0.506 e. The fraction of sp³-hybridized carbons (Fsp3) is 0.333. The highest BCUT2D eigenvalue weighted by Gasteiger charge is 1.93. The Morgan fingerprint density at radius 1 is 1.54 bits per heavy atom. The quantitative estimate of drug-likeness (QED) is 0.667. The second-order valence-electron chi connectivity index (χ2n) is 2.59. The molecule has 0 atom stereocenters. The van der Waals surface area contributed by atoms with Crippen molar-refractivity contribution < 1.29 is 5.11 Å². The minimum Gasteiger partial charge on any atom is -0.506 e. The van der Waals surface area contributed by atoms with Gasteiger partial charge in [-0.05, 0) is 12.1 Å². The second-order valence-corrected chi connectivity index (χ2v) is 2.59. The number of hydrogen-bond donors (Lipinski definition) is 2. The molecular formula is C9H11N3O. The van der Waals surface area contributed by atoms with E-state index in [0.29, 0.717) is 19.5 Å². The molecule has 0 aromatic carbocycles. The molecule has 1 aromatic heterocycles. The smallest absolute Gasteiger partial charge is 0.133 e. The minimum absolute atomic E-state index is 0.167. The summed E-state index contributed by atoms with van der Waals surface area (Å²) >= 11 is 0. The first kappa shape index (κ1) is 9.49. The molecule has 0 amide bonds. The molecule has 0 saturated carbocycles. The van der Waals surface area contributed by atoms with Gasteiger partial charge in [-0.3, -0.25) is 4.98 Å². The van der Waals surface area contributed by atoms with Gasteiger partial charge in [0.05, 0.1) is 18.0 Å². The van der Waals surface area contributed by atoms with Crippen LogP contribution < -0.4 is 5.32 Å². The normalized spacial score (nSPS) is 9.46. The van der Waals surface area contributed by atoms with Crippen molar-refractivity contribution in [3.63, 3.8) is 0 Å². The third-order valence-electron chi connectivity index (χ3n) is 1.53. The summed E-state index contributed by atoms with van der Waals surface area (Å²) in [6, 6.07) is 5.38. The van der Waals surface area contributed by atoms with Crippen LogP contribution in [0.15, 0.2) is 18.3 Å². The van der Waals surface area contributed by atoms with Crippen molar-refractivity contribution in [1.82, 2.24) is 10.3 Å². The Labute approximate surface area is 76.8 Å². The van der Waals surface area contributed by atoms with Gasteiger partial charge in [0, 0.05) is 19.5 Å². The molecule has 4 heteroatoms. The van der Waals surface area contributed by atoms with Crippen LogP contribution >= 0.6 is 0 Å². The molecule has 0 radical (unpaired) electrons. The standard InChI is InChI=1S/C9H11N3O/c10-4-1-5-11-6-8-2-3-9(13)7-12-8/h2-3,7,11,13H,1,5-6H2. The van der Waals surface area contributed by atoms with Gasteiger partial charge in [0.15, 0.2) is 0 Å². The maximum atomic E-state index is 8.94. The first-order valence-corrected chi connectivity index (χ1v) is 4.04. The van der Waals surface area contributed by atoms with Crippen molar-refractivity contribution in [2.24, 2.45) is 0 Å². The number of nitrogens with zero attached hydrogens (tertiary/aromatic N) is 2. The monoisotopic (exact) mass is 177 g/mol. The van der Waals surface area contributed by atoms with Crippen molar-refractivity contribution >= 4 is 0 Å². The molecule has 0 aliphatic heterocycles. The number of hydrogen-bond acceptors (Lipinski definition) is 4. The third kappa shape index (κ3) is 3.54. The van der Waals surface area contributed by atoms with Crippen LogP contribution in [0, 0.1) is 11.3 Å². The third-order valence-corrected chi connectivity index (χ3v) is 1.53. The lowest BCUT2D eigenvalue weighted by atomic mass is 10.3. The predicted octanol–water partition coefficient (Wildman–Crippen LogP) is 0.790. The summed E-state index contributed by atoms with van der Waals surface area (Å²) in [6.45, 7) is 1.29. The highest BCUT2D eigenvalue weighted by Crippen LogP contribution is 2.05. The maximum absolute atomic E-state index is 8.94. The maximum Gasteiger partial charge on any atom is 0.133 e. The molecule has 68 valence electrons. The topological polar surface area (TPSA) is 68.9 Å². The van der Waals surface area contributed by atoms with Gasteiger partial charge in [0.25, 0.3) is 0 Å². The SMILES string of the molecule is N#CCCNCc1ccc(O)cn1. The van der Waals surface area contributed by atoms with Crippen LogP contribution in [0.5, 0.6) is 5.75 Å². The molecule has 2 N–H and O–H groups in total. The van der Waals surface area contributed by atoms with E-state index in [2.05, 4.69) is 10.3 Å². The number of nitrogens with one attached hydrogen (secondary N) is 1. The van der Waals surface area contributed by atoms with Gasteiger partial charge in [-0.1, -0.05) is 0 Å². The Hall–Kier alpha value is -1.60. The van der Waals surface area contributed by atoms with Crippen LogP contribution in [-0.2, 0) is 6.54 Å². The Morgan fingerprint density at radius 2 is 2.38 bits per heavy atom. The molecule has 0 aliphatic rings. The van der Waals surface area contributed by atoms with Crippen molar-refractivity contribution in [3.8, 4) is 11.8 Å². The molecule has 0 spiro atoms. The summed E-state index contributed by atoms with van der Waals surface area (Å²) in [5.74, 6) is 0.167. The molecule has 0 fully saturated rings. The molecule has 13 heavy (non-hydrogen) atoms. The Bertz CT molecular complexity index is 289. The van der Waals surface area contributed by atoms with E-state index in [4.69, 9.17) is 10.4 Å². The average molecular weight is 177 g/mol. The van der Waals surface area contributed by atoms with Gasteiger partial charge in [0.1, 0.15) is 5.75 Å². The van der Waals surface area contributed by atoms with Gasteiger partial charge >= 0.3 is 0 Å². The summed E-state index contributed by atoms with van der Waals surface area (Å²) in [5.41, 5.74) is 0.857. The molecule has 1 rings (SSSR count). The zero-order chi connectivity index (χ0) is 9.52. The van der Waals surface area contributed by atoms with Crippen LogP contribution in [0.4, 0.5) is 0 Å². The summed E-state index contributed by atoms with van der Waals surface area (Å²) in [4.78, 5) is 3.98. The summed E-state index contributed by atoms with van der Waals surface area (Å²) < 4.78 is 0. The Kier molecular flexibility index (Phi) is 3.74. The van der Waals surface area contributed by atoms with E-state index >= 15 is 0 Å². The zero-order valence-electron chi connectivity index (χ0n) is 7.20. The lowest BCUT2D eigenvalue weighted by Gasteiger charge is -2.00. The molecule has 0 aliphatic carbocycles. The fourth-order valence-electron chi connectivity index (χ4n) is 0.882. The number of pyridine rings is 1. The van der Waals surface area contributed by atoms with Gasteiger partial charge in [-0.15, -0.1) is 0 Å². The zero-order valence-corrected chi connectivity index (χ0v) is 7.20. The summed E-state index contributed by atoms with van der Waals surface area (Å²) in [5, 5.41) is 20.3. The Balaban J connectivity index is 2.30. The van der Waals surface area contributed by atoms with E-state index < -0.39 is 0 Å². The van der Waals surface area contributed by atoms with Crippen molar-refractivity contribution in [1.29, 1.82) is 5.26 Å². The molecule has 0 unspecified atom stereocenters. The molecule has 1 heterocycles. The lowest BCUT2D eigenvalue weighted by Crippen LogP contribution is -2.14. The molecule has 0 saturated heterocycles. The van der Waals surface area contributed by atoms with Crippen LogP contribution in [0.1, 0.15) is 12.1 Å². The minimum atomic E-state index is 0.167. The molecular weight excluding hydrogens is 166 g/mol. The van der Waals surface area contributed by atoms with E-state index in [9.17, 15) is 0 Å². The number of rotatable bonds is 4. The summed E-state index contributed by atoms with van der Waals surface area (Å²) in [7, 11) is 0. The van der Waals surface area contributed by atoms with Crippen molar-refractivity contribution in [3.05, 3.63) is 24.0 Å².